The Kier molecular flexibility index (Phi) is 5.00. The molecule has 2 fully saturated rings. The van der Waals surface area contributed by atoms with Gasteiger partial charge in [-0.1, -0.05) is 36.4 Å². The molecule has 4 rings (SSSR count). The molecule has 3 atom stereocenters. The summed E-state index contributed by atoms with van der Waals surface area (Å²) < 4.78 is 27.2. The lowest BCUT2D eigenvalue weighted by Gasteiger charge is -2.34. The number of fused-ring (bicyclic) bond motifs is 1. The van der Waals surface area contributed by atoms with E-state index in [-0.39, 0.29) is 24.8 Å². The lowest BCUT2D eigenvalue weighted by atomic mass is 10.0. The minimum atomic E-state index is -1.22. The van der Waals surface area contributed by atoms with Crippen molar-refractivity contribution in [3.05, 3.63) is 71.3 Å². The number of nitrogens with one attached hydrogen (secondary N) is 2. The van der Waals surface area contributed by atoms with Gasteiger partial charge in [0.1, 0.15) is 12.1 Å². The van der Waals surface area contributed by atoms with Crippen LogP contribution in [0, 0.1) is 11.6 Å². The van der Waals surface area contributed by atoms with Gasteiger partial charge in [-0.05, 0) is 24.1 Å². The molecule has 0 spiro atoms. The van der Waals surface area contributed by atoms with E-state index in [1.165, 1.54) is 17.0 Å². The summed E-state index contributed by atoms with van der Waals surface area (Å²) in [6, 6.07) is 10.8. The fraction of sp³-hybridized carbons (Fsp3) is 0.286. The Labute approximate surface area is 165 Å². The van der Waals surface area contributed by atoms with Crippen LogP contribution in [0.1, 0.15) is 22.3 Å². The maximum Gasteiger partial charge on any atom is 0.254 e. The fourth-order valence-corrected chi connectivity index (χ4v) is 3.89. The summed E-state index contributed by atoms with van der Waals surface area (Å²) in [5.41, 5.74) is 0.517. The highest BCUT2D eigenvalue weighted by molar-refractivity contribution is 5.98. The van der Waals surface area contributed by atoms with Gasteiger partial charge in [0.15, 0.2) is 11.6 Å². The number of carbonyl (C=O) groups is 3. The second-order valence-electron chi connectivity index (χ2n) is 7.26. The monoisotopic (exact) mass is 399 g/mol. The van der Waals surface area contributed by atoms with Gasteiger partial charge < -0.3 is 15.5 Å². The van der Waals surface area contributed by atoms with Crippen LogP contribution in [0.4, 0.5) is 8.78 Å². The first-order valence-corrected chi connectivity index (χ1v) is 9.33. The summed E-state index contributed by atoms with van der Waals surface area (Å²) in [4.78, 5) is 39.1. The highest BCUT2D eigenvalue weighted by Gasteiger charge is 2.46. The molecule has 2 aromatic rings. The van der Waals surface area contributed by atoms with Gasteiger partial charge in [0.2, 0.25) is 11.8 Å². The lowest BCUT2D eigenvalue weighted by molar-refractivity contribution is -0.147. The van der Waals surface area contributed by atoms with Crippen molar-refractivity contribution in [2.45, 2.75) is 31.0 Å². The van der Waals surface area contributed by atoms with Crippen LogP contribution in [0.15, 0.2) is 48.5 Å². The predicted molar refractivity (Wildman–Crippen MR) is 99.8 cm³/mol. The molecule has 6 nitrogen and oxygen atoms in total. The molecule has 150 valence electrons. The first-order chi connectivity index (χ1) is 13.9. The van der Waals surface area contributed by atoms with Gasteiger partial charge in [-0.25, -0.2) is 8.78 Å². The van der Waals surface area contributed by atoms with Crippen LogP contribution in [0.5, 0.6) is 0 Å². The van der Waals surface area contributed by atoms with Crippen molar-refractivity contribution in [2.24, 2.45) is 0 Å². The van der Waals surface area contributed by atoms with Gasteiger partial charge in [0.05, 0.1) is 5.56 Å². The normalized spacial score (nSPS) is 23.5. The van der Waals surface area contributed by atoms with Gasteiger partial charge in [-0.15, -0.1) is 0 Å². The van der Waals surface area contributed by atoms with Crippen molar-refractivity contribution >= 4 is 17.7 Å². The van der Waals surface area contributed by atoms with Crippen molar-refractivity contribution in [1.82, 2.24) is 15.5 Å². The lowest BCUT2D eigenvalue weighted by Crippen LogP contribution is -2.61. The van der Waals surface area contributed by atoms with Crippen LogP contribution in [-0.2, 0) is 16.0 Å². The van der Waals surface area contributed by atoms with Crippen LogP contribution in [0.25, 0.3) is 0 Å². The molecule has 0 bridgehead atoms. The number of piperazine rings is 1. The standard InChI is InChI=1S/C21H19F2N3O3/c22-15-8-4-7-14(18(15)23)19(27)24-13-10-17-20(28)25-16(21(29)26(17)11-13)9-12-5-2-1-3-6-12/h1-8,13,16-17H,9-11H2,(H,24,27)(H,25,28)/t13-,16-,17-/m0/s1. The molecule has 0 aromatic heterocycles. The van der Waals surface area contributed by atoms with Gasteiger partial charge in [0.25, 0.3) is 5.91 Å². The summed E-state index contributed by atoms with van der Waals surface area (Å²) in [6.07, 6.45) is 0.596. The first kappa shape index (κ1) is 19.0. The summed E-state index contributed by atoms with van der Waals surface area (Å²) in [5.74, 6) is -3.61. The third kappa shape index (κ3) is 3.70. The predicted octanol–water partition coefficient (Wildman–Crippen LogP) is 1.41. The maximum atomic E-state index is 13.8. The van der Waals surface area contributed by atoms with E-state index >= 15 is 0 Å². The fourth-order valence-electron chi connectivity index (χ4n) is 3.89. The van der Waals surface area contributed by atoms with Crippen LogP contribution in [0.2, 0.25) is 0 Å². The number of carbonyl (C=O) groups excluding carboxylic acids is 3. The molecule has 2 heterocycles. The van der Waals surface area contributed by atoms with E-state index < -0.39 is 41.2 Å². The van der Waals surface area contributed by atoms with Crippen molar-refractivity contribution in [1.29, 1.82) is 0 Å². The summed E-state index contributed by atoms with van der Waals surface area (Å²) in [6.45, 7) is 0.144. The quantitative estimate of drug-likeness (QED) is 0.816. The van der Waals surface area contributed by atoms with Crippen molar-refractivity contribution < 1.29 is 23.2 Å². The van der Waals surface area contributed by atoms with Crippen LogP contribution >= 0.6 is 0 Å². The molecule has 3 amide bonds. The minimum absolute atomic E-state index is 0.144. The average Bonchev–Trinajstić information content (AvgIpc) is 3.13. The van der Waals surface area contributed by atoms with Crippen LogP contribution in [-0.4, -0.2) is 47.3 Å². The third-order valence-corrected chi connectivity index (χ3v) is 5.32. The molecule has 0 radical (unpaired) electrons. The SMILES string of the molecule is O=C(N[C@H]1C[C@H]2C(=O)N[C@@H](Cc3ccccc3)C(=O)N2C1)c1cccc(F)c1F. The molecule has 29 heavy (non-hydrogen) atoms. The molecule has 2 aliphatic heterocycles. The van der Waals surface area contributed by atoms with Crippen molar-refractivity contribution in [2.75, 3.05) is 6.54 Å². The van der Waals surface area contributed by atoms with E-state index in [4.69, 9.17) is 0 Å². The molecule has 2 N–H and O–H groups in total. The molecule has 2 aromatic carbocycles. The van der Waals surface area contributed by atoms with E-state index in [1.807, 2.05) is 30.3 Å². The zero-order valence-corrected chi connectivity index (χ0v) is 15.4. The number of hydrogen-bond acceptors (Lipinski definition) is 3. The number of nitrogens with zero attached hydrogens (tertiary/aromatic N) is 1. The van der Waals surface area contributed by atoms with E-state index in [0.717, 1.165) is 11.6 Å². The molecular formula is C21H19F2N3O3. The minimum Gasteiger partial charge on any atom is -0.347 e. The number of rotatable bonds is 4. The molecule has 2 saturated heterocycles. The van der Waals surface area contributed by atoms with Crippen molar-refractivity contribution in [3.63, 3.8) is 0 Å². The highest BCUT2D eigenvalue weighted by atomic mass is 19.2. The smallest absolute Gasteiger partial charge is 0.254 e. The first-order valence-electron chi connectivity index (χ1n) is 9.33. The largest absolute Gasteiger partial charge is 0.347 e. The molecule has 2 aliphatic rings. The Morgan fingerprint density at radius 2 is 1.86 bits per heavy atom. The summed E-state index contributed by atoms with van der Waals surface area (Å²) in [5, 5.41) is 5.36. The van der Waals surface area contributed by atoms with Crippen molar-refractivity contribution in [3.8, 4) is 0 Å². The second-order valence-corrected chi connectivity index (χ2v) is 7.26. The number of halogens is 2. The zero-order valence-electron chi connectivity index (χ0n) is 15.4. The van der Waals surface area contributed by atoms with E-state index in [2.05, 4.69) is 10.6 Å². The van der Waals surface area contributed by atoms with Crippen LogP contribution in [0.3, 0.4) is 0 Å². The van der Waals surface area contributed by atoms with Crippen LogP contribution < -0.4 is 10.6 Å². The molecule has 0 unspecified atom stereocenters. The Morgan fingerprint density at radius 1 is 1.10 bits per heavy atom. The average molecular weight is 399 g/mol. The van der Waals surface area contributed by atoms with Gasteiger partial charge in [-0.2, -0.15) is 0 Å². The summed E-state index contributed by atoms with van der Waals surface area (Å²) in [7, 11) is 0. The van der Waals surface area contributed by atoms with Gasteiger partial charge in [-0.3, -0.25) is 14.4 Å². The maximum absolute atomic E-state index is 13.8. The highest BCUT2D eigenvalue weighted by Crippen LogP contribution is 2.24. The molecular weight excluding hydrogens is 380 g/mol. The Hall–Kier alpha value is -3.29. The Bertz CT molecular complexity index is 967. The molecule has 8 heteroatoms. The number of amides is 3. The second kappa shape index (κ2) is 7.62. The van der Waals surface area contributed by atoms with E-state index in [0.29, 0.717) is 6.42 Å². The molecule has 0 saturated carbocycles. The zero-order chi connectivity index (χ0) is 20.5. The Morgan fingerprint density at radius 3 is 2.62 bits per heavy atom. The van der Waals surface area contributed by atoms with E-state index in [9.17, 15) is 23.2 Å². The van der Waals surface area contributed by atoms with Gasteiger partial charge >= 0.3 is 0 Å². The third-order valence-electron chi connectivity index (χ3n) is 5.32. The molecule has 0 aliphatic carbocycles. The topological polar surface area (TPSA) is 78.5 Å². The number of benzene rings is 2. The number of hydrogen-bond donors (Lipinski definition) is 2. The summed E-state index contributed by atoms with van der Waals surface area (Å²) >= 11 is 0. The Balaban J connectivity index is 1.44. The van der Waals surface area contributed by atoms with Gasteiger partial charge in [0, 0.05) is 19.0 Å². The van der Waals surface area contributed by atoms with E-state index in [1.54, 1.807) is 0 Å².